The Labute approximate surface area is 173 Å². The molecule has 6 nitrogen and oxygen atoms in total. The first kappa shape index (κ1) is 19.6. The molecular weight excluding hydrogens is 389 g/mol. The summed E-state index contributed by atoms with van der Waals surface area (Å²) in [5.74, 6) is 1.94. The van der Waals surface area contributed by atoms with Gasteiger partial charge in [-0.3, -0.25) is 4.79 Å². The van der Waals surface area contributed by atoms with Crippen LogP contribution < -0.4 is 10.6 Å². The van der Waals surface area contributed by atoms with Crippen molar-refractivity contribution in [1.29, 1.82) is 0 Å². The maximum absolute atomic E-state index is 13.5. The lowest BCUT2D eigenvalue weighted by atomic mass is 10.0. The van der Waals surface area contributed by atoms with Crippen LogP contribution in [0.25, 0.3) is 4.91 Å². The van der Waals surface area contributed by atoms with Gasteiger partial charge in [-0.15, -0.1) is 6.42 Å². The molecule has 2 aliphatic rings. The lowest BCUT2D eigenvalue weighted by Crippen LogP contribution is -2.45. The second-order valence-electron chi connectivity index (χ2n) is 6.94. The van der Waals surface area contributed by atoms with Crippen LogP contribution in [0.4, 0.5) is 4.39 Å². The molecule has 4 rings (SSSR count). The van der Waals surface area contributed by atoms with E-state index in [-0.39, 0.29) is 29.7 Å². The van der Waals surface area contributed by atoms with Crippen LogP contribution in [0.1, 0.15) is 29.5 Å². The van der Waals surface area contributed by atoms with Gasteiger partial charge in [-0.1, -0.05) is 29.8 Å². The highest BCUT2D eigenvalue weighted by atomic mass is 32.2. The number of rotatable bonds is 5. The third-order valence-corrected chi connectivity index (χ3v) is 6.48. The van der Waals surface area contributed by atoms with Gasteiger partial charge in [0.1, 0.15) is 16.9 Å². The number of terminal acetylenes is 1. The lowest BCUT2D eigenvalue weighted by molar-refractivity contribution is -0.119. The Morgan fingerprint density at radius 3 is 2.76 bits per heavy atom. The molecule has 0 spiro atoms. The summed E-state index contributed by atoms with van der Waals surface area (Å²) in [6, 6.07) is 6.45. The fourth-order valence-corrected chi connectivity index (χ4v) is 5.23. The molecule has 1 aromatic heterocycles. The van der Waals surface area contributed by atoms with Crippen molar-refractivity contribution in [2.24, 2.45) is 0 Å². The Kier molecular flexibility index (Phi) is 5.88. The number of aromatic amines is 1. The smallest absolute Gasteiger partial charge is 0.269 e. The largest absolute Gasteiger partial charge is 0.346 e. The number of carbonyl (C=O) groups is 1. The molecule has 1 atom stereocenters. The highest BCUT2D eigenvalue weighted by Gasteiger charge is 2.42. The highest BCUT2D eigenvalue weighted by molar-refractivity contribution is 8.08. The first-order valence-corrected chi connectivity index (χ1v) is 10.4. The van der Waals surface area contributed by atoms with Crippen LogP contribution in [0.5, 0.6) is 0 Å². The molecule has 0 aliphatic carbocycles. The Morgan fingerprint density at radius 2 is 2.10 bits per heavy atom. The van der Waals surface area contributed by atoms with Crippen LogP contribution in [0.15, 0.2) is 42.5 Å². The van der Waals surface area contributed by atoms with E-state index in [1.807, 2.05) is 0 Å². The number of thioether (sulfide) groups is 1. The SMILES string of the molecule is C#CCNC(=O)C1=C(c2ccc(F)cc2)SC(c2cnc[nH]2)N1C1CCNCC1. The minimum absolute atomic E-state index is 0.118. The third-order valence-electron chi connectivity index (χ3n) is 5.12. The Hall–Kier alpha value is -2.76. The first-order valence-electron chi connectivity index (χ1n) is 9.55. The van der Waals surface area contributed by atoms with Crippen LogP contribution in [0.2, 0.25) is 0 Å². The lowest BCUT2D eigenvalue weighted by Gasteiger charge is -2.38. The summed E-state index contributed by atoms with van der Waals surface area (Å²) in [4.78, 5) is 23.6. The molecule has 1 saturated heterocycles. The number of carbonyl (C=O) groups excluding carboxylic acids is 1. The Morgan fingerprint density at radius 1 is 1.34 bits per heavy atom. The molecule has 0 bridgehead atoms. The van der Waals surface area contributed by atoms with E-state index < -0.39 is 0 Å². The fourth-order valence-electron chi connectivity index (χ4n) is 3.77. The van der Waals surface area contributed by atoms with E-state index in [9.17, 15) is 9.18 Å². The molecule has 2 aliphatic heterocycles. The van der Waals surface area contributed by atoms with E-state index in [0.29, 0.717) is 5.70 Å². The summed E-state index contributed by atoms with van der Waals surface area (Å²) >= 11 is 1.58. The Bertz CT molecular complexity index is 929. The van der Waals surface area contributed by atoms with E-state index in [2.05, 4.69) is 31.4 Å². The maximum Gasteiger partial charge on any atom is 0.269 e. The van der Waals surface area contributed by atoms with Crippen LogP contribution in [-0.4, -0.2) is 46.5 Å². The molecule has 0 radical (unpaired) electrons. The van der Waals surface area contributed by atoms with Gasteiger partial charge in [-0.05, 0) is 43.6 Å². The van der Waals surface area contributed by atoms with Crippen LogP contribution in [0, 0.1) is 18.2 Å². The zero-order valence-electron chi connectivity index (χ0n) is 15.8. The molecule has 150 valence electrons. The number of hydrogen-bond donors (Lipinski definition) is 3. The van der Waals surface area contributed by atoms with Crippen molar-refractivity contribution in [2.75, 3.05) is 19.6 Å². The third kappa shape index (κ3) is 4.02. The quantitative estimate of drug-likeness (QED) is 0.660. The van der Waals surface area contributed by atoms with Crippen LogP contribution in [-0.2, 0) is 4.79 Å². The maximum atomic E-state index is 13.5. The van der Waals surface area contributed by atoms with Gasteiger partial charge in [0.15, 0.2) is 0 Å². The molecule has 1 fully saturated rings. The first-order chi connectivity index (χ1) is 14.2. The van der Waals surface area contributed by atoms with Gasteiger partial charge in [0, 0.05) is 10.9 Å². The average molecular weight is 412 g/mol. The molecule has 3 N–H and O–H groups in total. The van der Waals surface area contributed by atoms with E-state index >= 15 is 0 Å². The number of piperidine rings is 1. The number of H-pyrrole nitrogens is 1. The zero-order chi connectivity index (χ0) is 20.2. The number of aromatic nitrogens is 2. The number of hydrogen-bond acceptors (Lipinski definition) is 5. The summed E-state index contributed by atoms with van der Waals surface area (Å²) in [7, 11) is 0. The summed E-state index contributed by atoms with van der Waals surface area (Å²) in [5, 5.41) is 6.08. The second kappa shape index (κ2) is 8.72. The van der Waals surface area contributed by atoms with Gasteiger partial charge in [0.2, 0.25) is 0 Å². The molecule has 2 aromatic rings. The van der Waals surface area contributed by atoms with Gasteiger partial charge < -0.3 is 20.5 Å². The molecule has 1 amide bonds. The van der Waals surface area contributed by atoms with Crippen LogP contribution in [0.3, 0.4) is 0 Å². The predicted molar refractivity (Wildman–Crippen MR) is 112 cm³/mol. The topological polar surface area (TPSA) is 73.0 Å². The number of amides is 1. The average Bonchev–Trinajstić information content (AvgIpc) is 3.41. The van der Waals surface area contributed by atoms with Crippen molar-refractivity contribution in [3.05, 3.63) is 59.6 Å². The van der Waals surface area contributed by atoms with E-state index in [1.54, 1.807) is 36.4 Å². The van der Waals surface area contributed by atoms with Crippen LogP contribution >= 0.6 is 11.8 Å². The summed E-state index contributed by atoms with van der Waals surface area (Å²) in [6.07, 6.45) is 10.6. The van der Waals surface area contributed by atoms with Gasteiger partial charge >= 0.3 is 0 Å². The number of nitrogens with zero attached hydrogens (tertiary/aromatic N) is 2. The van der Waals surface area contributed by atoms with Crippen molar-refractivity contribution < 1.29 is 9.18 Å². The van der Waals surface area contributed by atoms with E-state index in [0.717, 1.165) is 42.1 Å². The van der Waals surface area contributed by atoms with Crippen molar-refractivity contribution >= 4 is 22.6 Å². The van der Waals surface area contributed by atoms with Crippen molar-refractivity contribution in [3.63, 3.8) is 0 Å². The predicted octanol–water partition coefficient (Wildman–Crippen LogP) is 2.47. The molecule has 29 heavy (non-hydrogen) atoms. The van der Waals surface area contributed by atoms with Crippen molar-refractivity contribution in [3.8, 4) is 12.3 Å². The van der Waals surface area contributed by atoms with Gasteiger partial charge in [0.05, 0.1) is 24.8 Å². The number of halogens is 1. The fraction of sp³-hybridized carbons (Fsp3) is 0.333. The van der Waals surface area contributed by atoms with Gasteiger partial charge in [-0.2, -0.15) is 0 Å². The standard InChI is InChI=1S/C21H22FN5OS/c1-2-9-25-20(28)18-19(14-3-5-15(22)6-4-14)29-21(17-12-24-13-26-17)27(18)16-7-10-23-11-8-16/h1,3-6,12-13,16,21,23H,7-11H2,(H,24,26)(H,25,28). The van der Waals surface area contributed by atoms with E-state index in [1.165, 1.54) is 12.1 Å². The summed E-state index contributed by atoms with van der Waals surface area (Å²) in [5.41, 5.74) is 2.32. The molecule has 8 heteroatoms. The summed E-state index contributed by atoms with van der Waals surface area (Å²) in [6.45, 7) is 1.94. The minimum Gasteiger partial charge on any atom is -0.346 e. The second-order valence-corrected chi connectivity index (χ2v) is 8.03. The van der Waals surface area contributed by atoms with Crippen molar-refractivity contribution in [1.82, 2.24) is 25.5 Å². The zero-order valence-corrected chi connectivity index (χ0v) is 16.6. The van der Waals surface area contributed by atoms with Crippen molar-refractivity contribution in [2.45, 2.75) is 24.3 Å². The normalized spacial score (nSPS) is 20.0. The van der Waals surface area contributed by atoms with Gasteiger partial charge in [-0.25, -0.2) is 9.37 Å². The minimum atomic E-state index is -0.309. The summed E-state index contributed by atoms with van der Waals surface area (Å²) < 4.78 is 13.5. The monoisotopic (exact) mass is 411 g/mol. The Balaban J connectivity index is 1.80. The molecule has 1 unspecified atom stereocenters. The molecule has 3 heterocycles. The van der Waals surface area contributed by atoms with Gasteiger partial charge in [0.25, 0.3) is 5.91 Å². The number of nitrogens with one attached hydrogen (secondary N) is 3. The van der Waals surface area contributed by atoms with E-state index in [4.69, 9.17) is 6.42 Å². The molecule has 1 aromatic carbocycles. The highest BCUT2D eigenvalue weighted by Crippen LogP contribution is 2.53. The molecule has 0 saturated carbocycles. The molecular formula is C21H22FN5OS. The number of imidazole rings is 1. The number of benzene rings is 1.